The molecule has 0 aliphatic heterocycles. The van der Waals surface area contributed by atoms with Crippen molar-refractivity contribution in [3.63, 3.8) is 0 Å². The van der Waals surface area contributed by atoms with Gasteiger partial charge in [0.15, 0.2) is 0 Å². The lowest BCUT2D eigenvalue weighted by atomic mass is 9.96. The van der Waals surface area contributed by atoms with Crippen molar-refractivity contribution in [1.29, 1.82) is 0 Å². The van der Waals surface area contributed by atoms with Gasteiger partial charge >= 0.3 is 0 Å². The zero-order chi connectivity index (χ0) is 15.2. The third-order valence-electron chi connectivity index (χ3n) is 3.71. The summed E-state index contributed by atoms with van der Waals surface area (Å²) in [6.07, 6.45) is 2.97. The molecule has 1 atom stereocenters. The van der Waals surface area contributed by atoms with Gasteiger partial charge in [-0.15, -0.1) is 11.6 Å². The Morgan fingerprint density at radius 1 is 1.24 bits per heavy atom. The van der Waals surface area contributed by atoms with Crippen molar-refractivity contribution in [2.75, 3.05) is 5.88 Å². The van der Waals surface area contributed by atoms with Crippen molar-refractivity contribution in [1.82, 2.24) is 9.78 Å². The van der Waals surface area contributed by atoms with Crippen molar-refractivity contribution in [3.05, 3.63) is 51.8 Å². The van der Waals surface area contributed by atoms with E-state index in [1.165, 1.54) is 17.0 Å². The Morgan fingerprint density at radius 3 is 2.67 bits per heavy atom. The van der Waals surface area contributed by atoms with Gasteiger partial charge in [0.1, 0.15) is 0 Å². The number of rotatable bonds is 7. The lowest BCUT2D eigenvalue weighted by molar-refractivity contribution is 0.531. The normalized spacial score (nSPS) is 12.6. The molecule has 4 heteroatoms. The van der Waals surface area contributed by atoms with Gasteiger partial charge in [-0.1, -0.05) is 35.0 Å². The van der Waals surface area contributed by atoms with E-state index >= 15 is 0 Å². The molecule has 0 aliphatic rings. The van der Waals surface area contributed by atoms with E-state index < -0.39 is 0 Å². The maximum atomic E-state index is 6.20. The lowest BCUT2D eigenvalue weighted by Crippen LogP contribution is -2.13. The summed E-state index contributed by atoms with van der Waals surface area (Å²) in [5.41, 5.74) is 3.80. The minimum atomic E-state index is 0.438. The summed E-state index contributed by atoms with van der Waals surface area (Å²) >= 11 is 9.73. The molecule has 1 unspecified atom stereocenters. The van der Waals surface area contributed by atoms with Crippen LogP contribution < -0.4 is 0 Å². The van der Waals surface area contributed by atoms with Crippen molar-refractivity contribution in [2.24, 2.45) is 5.92 Å². The highest BCUT2D eigenvalue weighted by Crippen LogP contribution is 2.20. The van der Waals surface area contributed by atoms with Crippen LogP contribution in [0.2, 0.25) is 0 Å². The summed E-state index contributed by atoms with van der Waals surface area (Å²) in [6.45, 7) is 5.20. The predicted octanol–water partition coefficient (Wildman–Crippen LogP) is 4.87. The van der Waals surface area contributed by atoms with Crippen LogP contribution >= 0.6 is 27.5 Å². The standard InChI is InChI=1S/C17H22BrClN2/c1-3-16-11-17(21(4-2)20-16)10-14(12-19)8-13-6-5-7-15(18)9-13/h5-7,9,11,14H,3-4,8,10,12H2,1-2H3. The fourth-order valence-corrected chi connectivity index (χ4v) is 3.27. The van der Waals surface area contributed by atoms with Crippen LogP contribution in [0.4, 0.5) is 0 Å². The molecule has 0 aliphatic carbocycles. The van der Waals surface area contributed by atoms with E-state index in [0.29, 0.717) is 11.8 Å². The second-order valence-corrected chi connectivity index (χ2v) is 6.58. The van der Waals surface area contributed by atoms with Gasteiger partial charge in [-0.3, -0.25) is 4.68 Å². The Hall–Kier alpha value is -0.800. The fourth-order valence-electron chi connectivity index (χ4n) is 2.60. The highest BCUT2D eigenvalue weighted by molar-refractivity contribution is 9.10. The Balaban J connectivity index is 2.10. The van der Waals surface area contributed by atoms with Gasteiger partial charge in [0.25, 0.3) is 0 Å². The summed E-state index contributed by atoms with van der Waals surface area (Å²) in [6, 6.07) is 10.7. The van der Waals surface area contributed by atoms with E-state index in [0.717, 1.165) is 30.3 Å². The first-order chi connectivity index (χ1) is 10.2. The Morgan fingerprint density at radius 2 is 2.05 bits per heavy atom. The first kappa shape index (κ1) is 16.6. The van der Waals surface area contributed by atoms with E-state index in [1.54, 1.807) is 0 Å². The molecule has 0 N–H and O–H groups in total. The van der Waals surface area contributed by atoms with Gasteiger partial charge in [-0.05, 0) is 55.9 Å². The van der Waals surface area contributed by atoms with Crippen LogP contribution in [0, 0.1) is 5.92 Å². The highest BCUT2D eigenvalue weighted by atomic mass is 79.9. The average molecular weight is 370 g/mol. The maximum Gasteiger partial charge on any atom is 0.0624 e. The van der Waals surface area contributed by atoms with Crippen molar-refractivity contribution in [2.45, 2.75) is 39.7 Å². The van der Waals surface area contributed by atoms with E-state index in [2.05, 4.69) is 69.9 Å². The van der Waals surface area contributed by atoms with Crippen molar-refractivity contribution >= 4 is 27.5 Å². The first-order valence-corrected chi connectivity index (χ1v) is 8.85. The van der Waals surface area contributed by atoms with Gasteiger partial charge < -0.3 is 0 Å². The number of aromatic nitrogens is 2. The van der Waals surface area contributed by atoms with Gasteiger partial charge in [-0.2, -0.15) is 5.10 Å². The van der Waals surface area contributed by atoms with E-state index in [4.69, 9.17) is 11.6 Å². The number of aryl methyl sites for hydroxylation is 2. The molecule has 0 saturated carbocycles. The lowest BCUT2D eigenvalue weighted by Gasteiger charge is -2.15. The van der Waals surface area contributed by atoms with Crippen LogP contribution in [0.3, 0.4) is 0 Å². The van der Waals surface area contributed by atoms with E-state index in [1.807, 2.05) is 0 Å². The molecule has 2 aromatic rings. The van der Waals surface area contributed by atoms with Crippen molar-refractivity contribution in [3.8, 4) is 0 Å². The van der Waals surface area contributed by atoms with Crippen LogP contribution in [0.15, 0.2) is 34.8 Å². The molecule has 0 bridgehead atoms. The molecule has 0 saturated heterocycles. The third-order valence-corrected chi connectivity index (χ3v) is 4.63. The molecule has 2 rings (SSSR count). The first-order valence-electron chi connectivity index (χ1n) is 7.52. The summed E-state index contributed by atoms with van der Waals surface area (Å²) in [5, 5.41) is 4.62. The van der Waals surface area contributed by atoms with Crippen LogP contribution in [-0.4, -0.2) is 15.7 Å². The molecule has 0 fully saturated rings. The number of hydrogen-bond donors (Lipinski definition) is 0. The van der Waals surface area contributed by atoms with Crippen LogP contribution in [0.1, 0.15) is 30.8 Å². The highest BCUT2D eigenvalue weighted by Gasteiger charge is 2.14. The van der Waals surface area contributed by atoms with Gasteiger partial charge in [-0.25, -0.2) is 0 Å². The maximum absolute atomic E-state index is 6.20. The SMILES string of the molecule is CCc1cc(CC(CCl)Cc2cccc(Br)c2)n(CC)n1. The molecule has 2 nitrogen and oxygen atoms in total. The fraction of sp³-hybridized carbons (Fsp3) is 0.471. The van der Waals surface area contributed by atoms with Gasteiger partial charge in [0.05, 0.1) is 5.69 Å². The smallest absolute Gasteiger partial charge is 0.0624 e. The summed E-state index contributed by atoms with van der Waals surface area (Å²) < 4.78 is 3.24. The summed E-state index contributed by atoms with van der Waals surface area (Å²) in [4.78, 5) is 0. The number of hydrogen-bond acceptors (Lipinski definition) is 1. The summed E-state index contributed by atoms with van der Waals surface area (Å²) in [7, 11) is 0. The Kier molecular flexibility index (Phi) is 6.31. The van der Waals surface area contributed by atoms with Gasteiger partial charge in [0.2, 0.25) is 0 Å². The third kappa shape index (κ3) is 4.58. The van der Waals surface area contributed by atoms with E-state index in [-0.39, 0.29) is 0 Å². The van der Waals surface area contributed by atoms with Crippen LogP contribution in [-0.2, 0) is 25.8 Å². The van der Waals surface area contributed by atoms with Crippen molar-refractivity contribution < 1.29 is 0 Å². The molecule has 114 valence electrons. The van der Waals surface area contributed by atoms with Crippen LogP contribution in [0.5, 0.6) is 0 Å². The monoisotopic (exact) mass is 368 g/mol. The molecule has 1 aromatic carbocycles. The molecule has 1 aromatic heterocycles. The van der Waals surface area contributed by atoms with E-state index in [9.17, 15) is 0 Å². The minimum absolute atomic E-state index is 0.438. The number of halogens is 2. The molecular formula is C17H22BrClN2. The number of alkyl halides is 1. The topological polar surface area (TPSA) is 17.8 Å². The molecule has 1 heterocycles. The van der Waals surface area contributed by atoms with Gasteiger partial charge in [0, 0.05) is 22.6 Å². The number of nitrogens with zero attached hydrogens (tertiary/aromatic N) is 2. The zero-order valence-electron chi connectivity index (χ0n) is 12.6. The zero-order valence-corrected chi connectivity index (χ0v) is 15.0. The summed E-state index contributed by atoms with van der Waals surface area (Å²) in [5.74, 6) is 1.11. The molecule has 0 amide bonds. The predicted molar refractivity (Wildman–Crippen MR) is 93.0 cm³/mol. The van der Waals surface area contributed by atoms with Crippen LogP contribution in [0.25, 0.3) is 0 Å². The molecular weight excluding hydrogens is 348 g/mol. The second-order valence-electron chi connectivity index (χ2n) is 5.35. The molecule has 21 heavy (non-hydrogen) atoms. The molecule has 0 radical (unpaired) electrons. The minimum Gasteiger partial charge on any atom is -0.270 e. The molecule has 0 spiro atoms. The average Bonchev–Trinajstić information content (AvgIpc) is 2.88. The largest absolute Gasteiger partial charge is 0.270 e. The quantitative estimate of drug-likeness (QED) is 0.637. The Labute approximate surface area is 140 Å². The second kappa shape index (κ2) is 8.00. The number of benzene rings is 1. The Bertz CT molecular complexity index is 580.